The van der Waals surface area contributed by atoms with E-state index in [1.165, 1.54) is 36.0 Å². The lowest BCUT2D eigenvalue weighted by Gasteiger charge is -2.47. The quantitative estimate of drug-likeness (QED) is 0.295. The van der Waals surface area contributed by atoms with Gasteiger partial charge in [-0.25, -0.2) is 0 Å². The minimum absolute atomic E-state index is 0.203. The average Bonchev–Trinajstić information content (AvgIpc) is 2.83. The van der Waals surface area contributed by atoms with Gasteiger partial charge in [0.25, 0.3) is 0 Å². The molecule has 1 saturated carbocycles. The lowest BCUT2D eigenvalue weighted by molar-refractivity contribution is 0.227. The Morgan fingerprint density at radius 1 is 0.636 bits per heavy atom. The van der Waals surface area contributed by atoms with Crippen LogP contribution >= 0.6 is 0 Å². The van der Waals surface area contributed by atoms with E-state index in [9.17, 15) is 0 Å². The van der Waals surface area contributed by atoms with Gasteiger partial charge in [0.15, 0.2) is 0 Å². The van der Waals surface area contributed by atoms with Crippen molar-refractivity contribution < 1.29 is 9.47 Å². The van der Waals surface area contributed by atoms with Gasteiger partial charge in [0.2, 0.25) is 0 Å². The van der Waals surface area contributed by atoms with Crippen LogP contribution in [0.3, 0.4) is 0 Å². The summed E-state index contributed by atoms with van der Waals surface area (Å²) in [5.41, 5.74) is 15.0. The van der Waals surface area contributed by atoms with Gasteiger partial charge in [0.1, 0.15) is 11.5 Å². The Balaban J connectivity index is 1.74. The summed E-state index contributed by atoms with van der Waals surface area (Å²) in [7, 11) is 0. The maximum absolute atomic E-state index is 5.88. The van der Waals surface area contributed by atoms with Gasteiger partial charge in [0.05, 0.1) is 13.2 Å². The van der Waals surface area contributed by atoms with Crippen LogP contribution in [0.1, 0.15) is 48.8 Å². The zero-order valence-electron chi connectivity index (χ0n) is 19.4. The Labute approximate surface area is 197 Å². The smallest absolute Gasteiger partial charge is 0.119 e. The Hall–Kier alpha value is -2.82. The van der Waals surface area contributed by atoms with E-state index in [-0.39, 0.29) is 5.41 Å². The van der Waals surface area contributed by atoms with Crippen molar-refractivity contribution in [3.8, 4) is 11.5 Å². The molecule has 33 heavy (non-hydrogen) atoms. The molecule has 4 heteroatoms. The van der Waals surface area contributed by atoms with Crippen molar-refractivity contribution in [1.82, 2.24) is 0 Å². The van der Waals surface area contributed by atoms with Gasteiger partial charge in [-0.05, 0) is 85.6 Å². The second kappa shape index (κ2) is 11.4. The molecule has 4 rings (SSSR count). The summed E-state index contributed by atoms with van der Waals surface area (Å²) < 4.78 is 11.8. The minimum Gasteiger partial charge on any atom is -0.494 e. The van der Waals surface area contributed by atoms with Gasteiger partial charge in [-0.1, -0.05) is 61.0 Å². The Kier molecular flexibility index (Phi) is 8.03. The third-order valence-electron chi connectivity index (χ3n) is 6.80. The standard InChI is InChI=1S/C29H36N2O2/c30-19-5-21-32-27-15-11-25(12-16-27)29(24-9-4-10-24,23-7-2-1-3-8-23)26-13-17-28(18-14-26)33-22-6-20-31/h1-3,7-8,11-18,24H,4-6,9-10,19-22,30-31H2. The van der Waals surface area contributed by atoms with Crippen LogP contribution in [0.2, 0.25) is 0 Å². The van der Waals surface area contributed by atoms with Crippen LogP contribution in [-0.4, -0.2) is 26.3 Å². The van der Waals surface area contributed by atoms with Crippen LogP contribution in [0, 0.1) is 5.92 Å². The minimum atomic E-state index is -0.203. The Bertz CT molecular complexity index is 913. The Morgan fingerprint density at radius 2 is 1.09 bits per heavy atom. The first kappa shape index (κ1) is 23.3. The van der Waals surface area contributed by atoms with Crippen molar-refractivity contribution in [3.05, 3.63) is 95.6 Å². The van der Waals surface area contributed by atoms with Crippen molar-refractivity contribution >= 4 is 0 Å². The van der Waals surface area contributed by atoms with Crippen molar-refractivity contribution in [2.75, 3.05) is 26.3 Å². The molecule has 0 aromatic heterocycles. The van der Waals surface area contributed by atoms with Crippen LogP contribution in [-0.2, 0) is 5.41 Å². The van der Waals surface area contributed by atoms with Gasteiger partial charge in [0, 0.05) is 5.41 Å². The molecular weight excluding hydrogens is 408 g/mol. The summed E-state index contributed by atoms with van der Waals surface area (Å²) in [4.78, 5) is 0. The highest BCUT2D eigenvalue weighted by Crippen LogP contribution is 2.53. The summed E-state index contributed by atoms with van der Waals surface area (Å²) in [5, 5.41) is 0. The molecule has 0 atom stereocenters. The van der Waals surface area contributed by atoms with Crippen molar-refractivity contribution in [2.24, 2.45) is 17.4 Å². The van der Waals surface area contributed by atoms with E-state index in [4.69, 9.17) is 20.9 Å². The molecule has 174 valence electrons. The van der Waals surface area contributed by atoms with Gasteiger partial charge >= 0.3 is 0 Å². The predicted molar refractivity (Wildman–Crippen MR) is 135 cm³/mol. The summed E-state index contributed by atoms with van der Waals surface area (Å²) in [6.45, 7) is 2.58. The third-order valence-corrected chi connectivity index (χ3v) is 6.80. The number of ether oxygens (including phenoxy) is 2. The fraction of sp³-hybridized carbons (Fsp3) is 0.379. The first-order valence-corrected chi connectivity index (χ1v) is 12.2. The zero-order valence-corrected chi connectivity index (χ0v) is 19.4. The third kappa shape index (κ3) is 5.07. The monoisotopic (exact) mass is 444 g/mol. The first-order chi connectivity index (χ1) is 16.3. The predicted octanol–water partition coefficient (Wildman–Crippen LogP) is 5.28. The van der Waals surface area contributed by atoms with E-state index in [0.29, 0.717) is 32.2 Å². The maximum atomic E-state index is 5.88. The van der Waals surface area contributed by atoms with Crippen molar-refractivity contribution in [1.29, 1.82) is 0 Å². The molecule has 0 aliphatic heterocycles. The molecule has 0 spiro atoms. The maximum Gasteiger partial charge on any atom is 0.119 e. The summed E-state index contributed by atoms with van der Waals surface area (Å²) in [5.74, 6) is 2.34. The van der Waals surface area contributed by atoms with Crippen LogP contribution < -0.4 is 20.9 Å². The van der Waals surface area contributed by atoms with E-state index in [1.54, 1.807) is 0 Å². The zero-order chi connectivity index (χ0) is 22.9. The molecule has 3 aromatic rings. The molecule has 1 aliphatic carbocycles. The fourth-order valence-electron chi connectivity index (χ4n) is 4.92. The molecule has 4 nitrogen and oxygen atoms in total. The number of benzene rings is 3. The lowest BCUT2D eigenvalue weighted by atomic mass is 9.56. The SMILES string of the molecule is NCCCOc1ccc(C(c2ccccc2)(c2ccc(OCCCN)cc2)C2CCC2)cc1. The highest BCUT2D eigenvalue weighted by molar-refractivity contribution is 5.53. The van der Waals surface area contributed by atoms with Crippen LogP contribution in [0.4, 0.5) is 0 Å². The molecule has 0 bridgehead atoms. The molecule has 0 radical (unpaired) electrons. The van der Waals surface area contributed by atoms with E-state index in [1.807, 2.05) is 0 Å². The summed E-state index contributed by atoms with van der Waals surface area (Å²) in [6.07, 6.45) is 5.44. The van der Waals surface area contributed by atoms with E-state index in [2.05, 4.69) is 78.9 Å². The number of hydrogen-bond donors (Lipinski definition) is 2. The van der Waals surface area contributed by atoms with Crippen molar-refractivity contribution in [3.63, 3.8) is 0 Å². The molecular formula is C29H36N2O2. The highest BCUT2D eigenvalue weighted by Gasteiger charge is 2.46. The molecule has 0 amide bonds. The van der Waals surface area contributed by atoms with Crippen LogP contribution in [0.25, 0.3) is 0 Å². The number of nitrogens with two attached hydrogens (primary N) is 2. The second-order valence-corrected chi connectivity index (χ2v) is 8.83. The van der Waals surface area contributed by atoms with E-state index < -0.39 is 0 Å². The van der Waals surface area contributed by atoms with Gasteiger partial charge in [-0.2, -0.15) is 0 Å². The second-order valence-electron chi connectivity index (χ2n) is 8.83. The van der Waals surface area contributed by atoms with Gasteiger partial charge in [-0.15, -0.1) is 0 Å². The normalized spacial score (nSPS) is 14.0. The topological polar surface area (TPSA) is 70.5 Å². The number of rotatable bonds is 12. The van der Waals surface area contributed by atoms with Crippen molar-refractivity contribution in [2.45, 2.75) is 37.5 Å². The summed E-state index contributed by atoms with van der Waals surface area (Å²) in [6, 6.07) is 28.3. The fourth-order valence-corrected chi connectivity index (χ4v) is 4.92. The number of hydrogen-bond acceptors (Lipinski definition) is 4. The molecule has 0 heterocycles. The van der Waals surface area contributed by atoms with E-state index in [0.717, 1.165) is 24.3 Å². The molecule has 3 aromatic carbocycles. The van der Waals surface area contributed by atoms with Gasteiger partial charge in [-0.3, -0.25) is 0 Å². The molecule has 0 unspecified atom stereocenters. The Morgan fingerprint density at radius 3 is 1.48 bits per heavy atom. The molecule has 0 saturated heterocycles. The first-order valence-electron chi connectivity index (χ1n) is 12.2. The van der Waals surface area contributed by atoms with Gasteiger partial charge < -0.3 is 20.9 Å². The average molecular weight is 445 g/mol. The highest BCUT2D eigenvalue weighted by atomic mass is 16.5. The van der Waals surface area contributed by atoms with Crippen LogP contribution in [0.15, 0.2) is 78.9 Å². The van der Waals surface area contributed by atoms with E-state index >= 15 is 0 Å². The van der Waals surface area contributed by atoms with Crippen LogP contribution in [0.5, 0.6) is 11.5 Å². The molecule has 4 N–H and O–H groups in total. The molecule has 1 fully saturated rings. The molecule has 1 aliphatic rings. The lowest BCUT2D eigenvalue weighted by Crippen LogP contribution is -2.41. The largest absolute Gasteiger partial charge is 0.494 e. The summed E-state index contributed by atoms with van der Waals surface area (Å²) >= 11 is 0.